The van der Waals surface area contributed by atoms with E-state index in [1.807, 2.05) is 30.3 Å². The van der Waals surface area contributed by atoms with Gasteiger partial charge in [-0.25, -0.2) is 4.79 Å². The number of cyclic esters (lactones) is 1. The predicted molar refractivity (Wildman–Crippen MR) is 66.7 cm³/mol. The predicted octanol–water partition coefficient (Wildman–Crippen LogP) is 3.27. The van der Waals surface area contributed by atoms with Gasteiger partial charge in [-0.1, -0.05) is 44.2 Å². The minimum Gasteiger partial charge on any atom is -0.439 e. The largest absolute Gasteiger partial charge is 0.439 e. The summed E-state index contributed by atoms with van der Waals surface area (Å²) >= 11 is 0. The molecule has 17 heavy (non-hydrogen) atoms. The summed E-state index contributed by atoms with van der Waals surface area (Å²) in [5, 5.41) is 2.90. The van der Waals surface area contributed by atoms with Gasteiger partial charge in [0.15, 0.2) is 0 Å². The van der Waals surface area contributed by atoms with Crippen LogP contribution in [0.1, 0.15) is 38.4 Å². The first kappa shape index (κ1) is 12.0. The first-order valence-corrected chi connectivity index (χ1v) is 6.19. The number of carbonyl (C=O) groups excluding carboxylic acids is 1. The quantitative estimate of drug-likeness (QED) is 0.866. The van der Waals surface area contributed by atoms with Gasteiger partial charge in [0.2, 0.25) is 0 Å². The zero-order chi connectivity index (χ0) is 12.3. The minimum atomic E-state index is -0.299. The molecule has 1 amide bonds. The second kappa shape index (κ2) is 5.21. The molecule has 1 N–H and O–H groups in total. The highest BCUT2D eigenvalue weighted by Crippen LogP contribution is 2.29. The lowest BCUT2D eigenvalue weighted by molar-refractivity contribution is 0.130. The van der Waals surface area contributed by atoms with Crippen molar-refractivity contribution in [3.8, 4) is 0 Å². The molecule has 1 aromatic carbocycles. The van der Waals surface area contributed by atoms with Crippen molar-refractivity contribution >= 4 is 6.09 Å². The van der Waals surface area contributed by atoms with Gasteiger partial charge in [0.25, 0.3) is 0 Å². The summed E-state index contributed by atoms with van der Waals surface area (Å²) in [6, 6.07) is 10.0. The standard InChI is InChI=1S/C14H19NO2/c1-10(2)8-9-12-13(17-14(16)15-12)11-6-4-3-5-7-11/h3-7,10,12-13H,8-9H2,1-2H3,(H,15,16). The molecule has 0 radical (unpaired) electrons. The van der Waals surface area contributed by atoms with Crippen LogP contribution in [0.25, 0.3) is 0 Å². The maximum atomic E-state index is 11.3. The van der Waals surface area contributed by atoms with Crippen LogP contribution < -0.4 is 5.32 Å². The minimum absolute atomic E-state index is 0.104. The fourth-order valence-corrected chi connectivity index (χ4v) is 2.14. The second-order valence-corrected chi connectivity index (χ2v) is 4.96. The van der Waals surface area contributed by atoms with Crippen LogP contribution in [0.2, 0.25) is 0 Å². The Morgan fingerprint density at radius 1 is 1.29 bits per heavy atom. The van der Waals surface area contributed by atoms with Crippen LogP contribution in [0.4, 0.5) is 4.79 Å². The van der Waals surface area contributed by atoms with E-state index in [1.54, 1.807) is 0 Å². The third-order valence-electron chi connectivity index (χ3n) is 3.09. The monoisotopic (exact) mass is 233 g/mol. The normalized spacial score (nSPS) is 23.6. The zero-order valence-electron chi connectivity index (χ0n) is 10.3. The van der Waals surface area contributed by atoms with Crippen molar-refractivity contribution in [3.05, 3.63) is 35.9 Å². The Balaban J connectivity index is 2.06. The van der Waals surface area contributed by atoms with E-state index < -0.39 is 0 Å². The van der Waals surface area contributed by atoms with Crippen molar-refractivity contribution in [1.82, 2.24) is 5.32 Å². The highest BCUT2D eigenvalue weighted by Gasteiger charge is 2.34. The number of rotatable bonds is 4. The van der Waals surface area contributed by atoms with Gasteiger partial charge in [-0.3, -0.25) is 0 Å². The number of carbonyl (C=O) groups is 1. The number of hydrogen-bond acceptors (Lipinski definition) is 2. The SMILES string of the molecule is CC(C)CCC1NC(=O)OC1c1ccccc1. The molecule has 0 aliphatic carbocycles. The van der Waals surface area contributed by atoms with Crippen LogP contribution in [0, 0.1) is 5.92 Å². The topological polar surface area (TPSA) is 38.3 Å². The Morgan fingerprint density at radius 3 is 2.65 bits per heavy atom. The number of ether oxygens (including phenoxy) is 1. The summed E-state index contributed by atoms with van der Waals surface area (Å²) in [6.45, 7) is 4.38. The van der Waals surface area contributed by atoms with Crippen LogP contribution >= 0.6 is 0 Å². The van der Waals surface area contributed by atoms with Crippen LogP contribution in [0.15, 0.2) is 30.3 Å². The molecular weight excluding hydrogens is 214 g/mol. The highest BCUT2D eigenvalue weighted by atomic mass is 16.6. The molecule has 0 bridgehead atoms. The average molecular weight is 233 g/mol. The van der Waals surface area contributed by atoms with Crippen molar-refractivity contribution in [3.63, 3.8) is 0 Å². The zero-order valence-corrected chi connectivity index (χ0v) is 10.3. The fraction of sp³-hybridized carbons (Fsp3) is 0.500. The molecule has 1 saturated heterocycles. The first-order valence-electron chi connectivity index (χ1n) is 6.19. The Kier molecular flexibility index (Phi) is 3.67. The van der Waals surface area contributed by atoms with Crippen molar-refractivity contribution in [2.75, 3.05) is 0 Å². The third-order valence-corrected chi connectivity index (χ3v) is 3.09. The Bertz CT molecular complexity index is 375. The summed E-state index contributed by atoms with van der Waals surface area (Å²) in [5.41, 5.74) is 1.07. The highest BCUT2D eigenvalue weighted by molar-refractivity contribution is 5.70. The molecule has 1 heterocycles. The summed E-state index contributed by atoms with van der Waals surface area (Å²) in [6.07, 6.45) is 1.62. The lowest BCUT2D eigenvalue weighted by atomic mass is 9.96. The molecule has 3 nitrogen and oxygen atoms in total. The number of hydrogen-bond donors (Lipinski definition) is 1. The van der Waals surface area contributed by atoms with E-state index in [2.05, 4.69) is 19.2 Å². The van der Waals surface area contributed by atoms with Gasteiger partial charge in [-0.2, -0.15) is 0 Å². The Morgan fingerprint density at radius 2 is 2.00 bits per heavy atom. The summed E-state index contributed by atoms with van der Waals surface area (Å²) in [7, 11) is 0. The molecule has 0 aromatic heterocycles. The van der Waals surface area contributed by atoms with Gasteiger partial charge in [0.1, 0.15) is 6.10 Å². The lowest BCUT2D eigenvalue weighted by Crippen LogP contribution is -2.28. The van der Waals surface area contributed by atoms with E-state index in [0.29, 0.717) is 5.92 Å². The second-order valence-electron chi connectivity index (χ2n) is 4.96. The maximum absolute atomic E-state index is 11.3. The van der Waals surface area contributed by atoms with Crippen LogP contribution in [0.3, 0.4) is 0 Å². The molecule has 92 valence electrons. The van der Waals surface area contributed by atoms with E-state index in [1.165, 1.54) is 0 Å². The van der Waals surface area contributed by atoms with E-state index >= 15 is 0 Å². The maximum Gasteiger partial charge on any atom is 0.408 e. The molecular formula is C14H19NO2. The molecule has 0 saturated carbocycles. The van der Waals surface area contributed by atoms with Crippen molar-refractivity contribution < 1.29 is 9.53 Å². The Hall–Kier alpha value is -1.51. The molecule has 1 aromatic rings. The van der Waals surface area contributed by atoms with Gasteiger partial charge in [-0.05, 0) is 24.3 Å². The number of nitrogens with one attached hydrogen (secondary N) is 1. The smallest absolute Gasteiger partial charge is 0.408 e. The van der Waals surface area contributed by atoms with Gasteiger partial charge in [0.05, 0.1) is 6.04 Å². The summed E-state index contributed by atoms with van der Waals surface area (Å²) in [4.78, 5) is 11.3. The fourth-order valence-electron chi connectivity index (χ4n) is 2.14. The van der Waals surface area contributed by atoms with E-state index in [-0.39, 0.29) is 18.2 Å². The van der Waals surface area contributed by atoms with Gasteiger partial charge < -0.3 is 10.1 Å². The molecule has 0 spiro atoms. The molecule has 1 fully saturated rings. The number of alkyl carbamates (subject to hydrolysis) is 1. The van der Waals surface area contributed by atoms with Gasteiger partial charge in [0, 0.05) is 0 Å². The molecule has 1 aliphatic heterocycles. The van der Waals surface area contributed by atoms with Crippen LogP contribution in [-0.2, 0) is 4.74 Å². The lowest BCUT2D eigenvalue weighted by Gasteiger charge is -2.17. The summed E-state index contributed by atoms with van der Waals surface area (Å²) < 4.78 is 5.34. The van der Waals surface area contributed by atoms with Crippen molar-refractivity contribution in [2.45, 2.75) is 38.8 Å². The van der Waals surface area contributed by atoms with Crippen molar-refractivity contribution in [1.29, 1.82) is 0 Å². The number of benzene rings is 1. The van der Waals surface area contributed by atoms with E-state index in [0.717, 1.165) is 18.4 Å². The average Bonchev–Trinajstić information content (AvgIpc) is 2.69. The molecule has 2 rings (SSSR count). The first-order chi connectivity index (χ1) is 8.16. The van der Waals surface area contributed by atoms with Crippen LogP contribution in [-0.4, -0.2) is 12.1 Å². The number of amides is 1. The van der Waals surface area contributed by atoms with E-state index in [4.69, 9.17) is 4.74 Å². The third kappa shape index (κ3) is 2.99. The van der Waals surface area contributed by atoms with Gasteiger partial charge in [-0.15, -0.1) is 0 Å². The molecule has 1 aliphatic rings. The van der Waals surface area contributed by atoms with E-state index in [9.17, 15) is 4.79 Å². The Labute approximate surface area is 102 Å². The molecule has 2 unspecified atom stereocenters. The van der Waals surface area contributed by atoms with Crippen molar-refractivity contribution in [2.24, 2.45) is 5.92 Å². The molecule has 3 heteroatoms. The van der Waals surface area contributed by atoms with Gasteiger partial charge >= 0.3 is 6.09 Å². The summed E-state index contributed by atoms with van der Waals surface area (Å²) in [5.74, 6) is 0.643. The molecule has 2 atom stereocenters. The van der Waals surface area contributed by atoms with Crippen LogP contribution in [0.5, 0.6) is 0 Å².